The van der Waals surface area contributed by atoms with Gasteiger partial charge in [0.05, 0.1) is 16.4 Å². The lowest BCUT2D eigenvalue weighted by atomic mass is 10.2. The number of nitrogens with zero attached hydrogens (tertiary/aromatic N) is 3. The Kier molecular flexibility index (Phi) is 5.64. The van der Waals surface area contributed by atoms with Crippen LogP contribution in [-0.2, 0) is 11.3 Å². The summed E-state index contributed by atoms with van der Waals surface area (Å²) in [6.07, 6.45) is 0. The highest BCUT2D eigenvalue weighted by atomic mass is 35.5. The summed E-state index contributed by atoms with van der Waals surface area (Å²) in [6, 6.07) is 0.235. The van der Waals surface area contributed by atoms with E-state index < -0.39 is 0 Å². The first-order chi connectivity index (χ1) is 8.50. The number of rotatable bonds is 2. The van der Waals surface area contributed by atoms with Crippen molar-refractivity contribution in [2.75, 3.05) is 19.6 Å². The number of carbonyl (C=O) groups is 1. The van der Waals surface area contributed by atoms with Crippen LogP contribution in [0.25, 0.3) is 0 Å². The highest BCUT2D eigenvalue weighted by Crippen LogP contribution is 2.19. The molecule has 2 rings (SSSR count). The van der Waals surface area contributed by atoms with Crippen LogP contribution in [0.2, 0.25) is 5.02 Å². The summed E-state index contributed by atoms with van der Waals surface area (Å²) in [7, 11) is 0. The first kappa shape index (κ1) is 16.3. The number of aryl methyl sites for hydroxylation is 1. The molecule has 0 aliphatic carbocycles. The maximum Gasteiger partial charge on any atom is 0.244 e. The van der Waals surface area contributed by atoms with Crippen molar-refractivity contribution in [3.63, 3.8) is 0 Å². The van der Waals surface area contributed by atoms with Crippen LogP contribution in [0, 0.1) is 13.8 Å². The highest BCUT2D eigenvalue weighted by Gasteiger charge is 2.24. The molecule has 0 unspecified atom stereocenters. The average molecular weight is 307 g/mol. The molecule has 5 nitrogen and oxygen atoms in total. The van der Waals surface area contributed by atoms with E-state index in [0.717, 1.165) is 31.0 Å². The smallest absolute Gasteiger partial charge is 0.244 e. The van der Waals surface area contributed by atoms with Gasteiger partial charge in [-0.3, -0.25) is 9.48 Å². The van der Waals surface area contributed by atoms with Crippen LogP contribution in [0.1, 0.15) is 18.3 Å². The predicted molar refractivity (Wildman–Crippen MR) is 78.0 cm³/mol. The van der Waals surface area contributed by atoms with Crippen molar-refractivity contribution in [2.45, 2.75) is 33.4 Å². The Balaban J connectivity index is 0.00000180. The van der Waals surface area contributed by atoms with Crippen LogP contribution in [0.4, 0.5) is 0 Å². The van der Waals surface area contributed by atoms with Crippen molar-refractivity contribution in [1.82, 2.24) is 20.0 Å². The fourth-order valence-corrected chi connectivity index (χ4v) is 2.39. The monoisotopic (exact) mass is 306 g/mol. The van der Waals surface area contributed by atoms with Crippen molar-refractivity contribution in [1.29, 1.82) is 0 Å². The SMILES string of the molecule is Cc1nn(CC(=O)N2CCNC[C@H]2C)c(C)c1Cl.Cl. The molecule has 1 fully saturated rings. The van der Waals surface area contributed by atoms with Gasteiger partial charge in [0.15, 0.2) is 0 Å². The molecule has 1 aliphatic heterocycles. The molecule has 1 aromatic rings. The number of aromatic nitrogens is 2. The van der Waals surface area contributed by atoms with Gasteiger partial charge in [0.1, 0.15) is 6.54 Å². The first-order valence-corrected chi connectivity index (χ1v) is 6.58. The van der Waals surface area contributed by atoms with Crippen molar-refractivity contribution < 1.29 is 4.79 Å². The van der Waals surface area contributed by atoms with E-state index in [9.17, 15) is 4.79 Å². The average Bonchev–Trinajstić information content (AvgIpc) is 2.57. The second-order valence-corrected chi connectivity index (χ2v) is 5.16. The lowest BCUT2D eigenvalue weighted by molar-refractivity contribution is -0.134. The quantitative estimate of drug-likeness (QED) is 0.898. The van der Waals surface area contributed by atoms with Crippen LogP contribution >= 0.6 is 24.0 Å². The molecule has 1 aliphatic rings. The second-order valence-electron chi connectivity index (χ2n) is 4.78. The molecule has 19 heavy (non-hydrogen) atoms. The summed E-state index contributed by atoms with van der Waals surface area (Å²) >= 11 is 6.08. The third kappa shape index (κ3) is 3.41. The topological polar surface area (TPSA) is 50.2 Å². The predicted octanol–water partition coefficient (Wildman–Crippen LogP) is 1.40. The maximum absolute atomic E-state index is 12.2. The van der Waals surface area contributed by atoms with Crippen LogP contribution in [0.3, 0.4) is 0 Å². The summed E-state index contributed by atoms with van der Waals surface area (Å²) in [4.78, 5) is 14.1. The fourth-order valence-electron chi connectivity index (χ4n) is 2.26. The first-order valence-electron chi connectivity index (χ1n) is 6.20. The largest absolute Gasteiger partial charge is 0.336 e. The normalized spacial score (nSPS) is 19.2. The van der Waals surface area contributed by atoms with Crippen LogP contribution in [0.15, 0.2) is 0 Å². The van der Waals surface area contributed by atoms with E-state index in [0.29, 0.717) is 5.02 Å². The molecule has 1 amide bonds. The molecule has 0 saturated carbocycles. The zero-order valence-electron chi connectivity index (χ0n) is 11.4. The van der Waals surface area contributed by atoms with Gasteiger partial charge in [-0.25, -0.2) is 0 Å². The minimum atomic E-state index is 0. The number of hydrogen-bond acceptors (Lipinski definition) is 3. The molecule has 0 spiro atoms. The summed E-state index contributed by atoms with van der Waals surface area (Å²) in [5, 5.41) is 8.21. The van der Waals surface area contributed by atoms with E-state index in [2.05, 4.69) is 17.3 Å². The number of piperazine rings is 1. The number of amides is 1. The number of halogens is 2. The van der Waals surface area contributed by atoms with Gasteiger partial charge in [-0.2, -0.15) is 5.10 Å². The highest BCUT2D eigenvalue weighted by molar-refractivity contribution is 6.31. The van der Waals surface area contributed by atoms with Gasteiger partial charge in [0.25, 0.3) is 0 Å². The summed E-state index contributed by atoms with van der Waals surface area (Å²) < 4.78 is 1.69. The van der Waals surface area contributed by atoms with E-state index >= 15 is 0 Å². The molecule has 0 radical (unpaired) electrons. The van der Waals surface area contributed by atoms with Gasteiger partial charge in [0, 0.05) is 25.7 Å². The van der Waals surface area contributed by atoms with Gasteiger partial charge in [0.2, 0.25) is 5.91 Å². The lowest BCUT2D eigenvalue weighted by Gasteiger charge is -2.34. The molecule has 1 saturated heterocycles. The fraction of sp³-hybridized carbons (Fsp3) is 0.667. The standard InChI is InChI=1S/C12H19ClN4O.ClH/c1-8-6-14-4-5-16(8)11(18)7-17-10(3)12(13)9(2)15-17;/h8,14H,4-7H2,1-3H3;1H/t8-;/m1./s1. The molecular weight excluding hydrogens is 287 g/mol. The molecule has 1 N–H and O–H groups in total. The number of hydrogen-bond donors (Lipinski definition) is 1. The summed E-state index contributed by atoms with van der Waals surface area (Å²) in [5.41, 5.74) is 1.63. The molecule has 108 valence electrons. The van der Waals surface area contributed by atoms with E-state index in [1.165, 1.54) is 0 Å². The molecule has 7 heteroatoms. The Morgan fingerprint density at radius 2 is 2.21 bits per heavy atom. The van der Waals surface area contributed by atoms with Crippen molar-refractivity contribution >= 4 is 29.9 Å². The van der Waals surface area contributed by atoms with Crippen molar-refractivity contribution in [2.24, 2.45) is 0 Å². The Bertz CT molecular complexity index is 461. The van der Waals surface area contributed by atoms with Gasteiger partial charge >= 0.3 is 0 Å². The molecule has 1 atom stereocenters. The van der Waals surface area contributed by atoms with E-state index in [1.807, 2.05) is 18.7 Å². The van der Waals surface area contributed by atoms with Crippen LogP contribution < -0.4 is 5.32 Å². The van der Waals surface area contributed by atoms with Gasteiger partial charge in [-0.05, 0) is 20.8 Å². The van der Waals surface area contributed by atoms with Gasteiger partial charge in [-0.15, -0.1) is 12.4 Å². The van der Waals surface area contributed by atoms with Crippen molar-refractivity contribution in [3.05, 3.63) is 16.4 Å². The van der Waals surface area contributed by atoms with Gasteiger partial charge < -0.3 is 10.2 Å². The zero-order valence-corrected chi connectivity index (χ0v) is 13.0. The van der Waals surface area contributed by atoms with Gasteiger partial charge in [-0.1, -0.05) is 11.6 Å². The maximum atomic E-state index is 12.2. The van der Waals surface area contributed by atoms with Crippen LogP contribution in [0.5, 0.6) is 0 Å². The Morgan fingerprint density at radius 1 is 1.53 bits per heavy atom. The summed E-state index contributed by atoms with van der Waals surface area (Å²) in [6.45, 7) is 8.52. The minimum absolute atomic E-state index is 0. The van der Waals surface area contributed by atoms with E-state index in [-0.39, 0.29) is 30.9 Å². The Morgan fingerprint density at radius 3 is 2.74 bits per heavy atom. The van der Waals surface area contributed by atoms with E-state index in [4.69, 9.17) is 11.6 Å². The summed E-state index contributed by atoms with van der Waals surface area (Å²) in [5.74, 6) is 0.103. The van der Waals surface area contributed by atoms with E-state index in [1.54, 1.807) is 4.68 Å². The molecule has 1 aromatic heterocycles. The molecule has 0 aromatic carbocycles. The lowest BCUT2D eigenvalue weighted by Crippen LogP contribution is -2.53. The Labute approximate surface area is 124 Å². The zero-order chi connectivity index (χ0) is 13.3. The minimum Gasteiger partial charge on any atom is -0.336 e. The van der Waals surface area contributed by atoms with Crippen LogP contribution in [-0.4, -0.2) is 46.3 Å². The Hall–Kier alpha value is -0.780. The number of carbonyl (C=O) groups excluding carboxylic acids is 1. The second kappa shape index (κ2) is 6.59. The third-order valence-electron chi connectivity index (χ3n) is 3.40. The molecule has 0 bridgehead atoms. The number of nitrogens with one attached hydrogen (secondary N) is 1. The molecular formula is C12H20Cl2N4O. The molecule has 2 heterocycles. The third-order valence-corrected chi connectivity index (χ3v) is 3.95. The van der Waals surface area contributed by atoms with Crippen molar-refractivity contribution in [3.8, 4) is 0 Å².